The number of aryl methyl sites for hydroxylation is 2. The van der Waals surface area contributed by atoms with E-state index in [0.717, 1.165) is 50.3 Å². The topological polar surface area (TPSA) is 44.9 Å². The summed E-state index contributed by atoms with van der Waals surface area (Å²) >= 11 is 0. The third-order valence-corrected chi connectivity index (χ3v) is 10.0. The number of benzene rings is 4. The summed E-state index contributed by atoms with van der Waals surface area (Å²) in [5.74, 6) is 2.06. The summed E-state index contributed by atoms with van der Waals surface area (Å²) in [7, 11) is 0. The minimum absolute atomic E-state index is 0. The summed E-state index contributed by atoms with van der Waals surface area (Å²) in [6.07, 6.45) is 1.85. The summed E-state index contributed by atoms with van der Waals surface area (Å²) in [6, 6.07) is 34.6. The number of para-hydroxylation sites is 1. The fourth-order valence-electron chi connectivity index (χ4n) is 7.32. The fraction of sp³-hybridized carbons (Fsp3) is 0.319. The smallest absolute Gasteiger partial charge is 0.509 e. The van der Waals surface area contributed by atoms with Crippen LogP contribution in [0.3, 0.4) is 0 Å². The normalized spacial score (nSPS) is 12.4. The van der Waals surface area contributed by atoms with Crippen LogP contribution >= 0.6 is 0 Å². The molecule has 6 heteroatoms. The molecule has 4 aromatic carbocycles. The first-order valence-electron chi connectivity index (χ1n) is 18.3. The van der Waals surface area contributed by atoms with Gasteiger partial charge in [-0.15, -0.1) is 35.7 Å². The van der Waals surface area contributed by atoms with Crippen LogP contribution in [0.25, 0.3) is 44.4 Å². The maximum absolute atomic E-state index is 6.51. The first kappa shape index (κ1) is 38.3. The van der Waals surface area contributed by atoms with Gasteiger partial charge in [0.2, 0.25) is 0 Å². The van der Waals surface area contributed by atoms with Crippen LogP contribution in [0, 0.1) is 32.9 Å². The zero-order valence-corrected chi connectivity index (χ0v) is 35.4. The van der Waals surface area contributed by atoms with Crippen molar-refractivity contribution in [3.8, 4) is 34.1 Å². The molecule has 5 nitrogen and oxygen atoms in total. The van der Waals surface area contributed by atoms with E-state index in [9.17, 15) is 0 Å². The molecule has 0 unspecified atom stereocenters. The molecule has 53 heavy (non-hydrogen) atoms. The van der Waals surface area contributed by atoms with Gasteiger partial charge in [-0.1, -0.05) is 98.2 Å². The number of fused-ring (bicyclic) bond motifs is 3. The Morgan fingerprint density at radius 1 is 0.642 bits per heavy atom. The first-order chi connectivity index (χ1) is 24.4. The Kier molecular flexibility index (Phi) is 9.92. The van der Waals surface area contributed by atoms with E-state index < -0.39 is 0 Å². The number of nitrogens with zero attached hydrogens (tertiary/aromatic N) is 4. The zero-order valence-electron chi connectivity index (χ0n) is 33.1. The molecule has 0 bridgehead atoms. The van der Waals surface area contributed by atoms with Gasteiger partial charge in [0, 0.05) is 34.5 Å². The number of aromatic nitrogens is 4. The van der Waals surface area contributed by atoms with Crippen LogP contribution in [0.15, 0.2) is 85.1 Å². The van der Waals surface area contributed by atoms with Gasteiger partial charge < -0.3 is 9.30 Å². The molecule has 0 aliphatic rings. The van der Waals surface area contributed by atoms with Gasteiger partial charge in [-0.05, 0) is 94.1 Å². The second kappa shape index (κ2) is 13.7. The van der Waals surface area contributed by atoms with Crippen LogP contribution < -0.4 is 4.74 Å². The molecule has 0 saturated heterocycles. The first-order valence-corrected chi connectivity index (χ1v) is 18.3. The van der Waals surface area contributed by atoms with E-state index in [2.05, 4.69) is 148 Å². The number of hydrogen-bond acceptors (Lipinski definition) is 3. The molecular formula is C47H50N4OPt. The summed E-state index contributed by atoms with van der Waals surface area (Å²) in [4.78, 5) is 4.72. The van der Waals surface area contributed by atoms with Crippen molar-refractivity contribution in [2.75, 3.05) is 0 Å². The molecule has 0 aliphatic heterocycles. The van der Waals surface area contributed by atoms with E-state index in [-0.39, 0.29) is 37.3 Å². The molecule has 7 aromatic rings. The molecule has 0 spiro atoms. The van der Waals surface area contributed by atoms with Gasteiger partial charge in [0.05, 0.1) is 5.69 Å². The Labute approximate surface area is 329 Å². The van der Waals surface area contributed by atoms with E-state index in [4.69, 9.17) is 14.8 Å². The second-order valence-electron chi connectivity index (χ2n) is 17.3. The molecule has 0 amide bonds. The molecule has 0 saturated carbocycles. The van der Waals surface area contributed by atoms with Crippen LogP contribution in [-0.4, -0.2) is 19.3 Å². The van der Waals surface area contributed by atoms with E-state index in [1.807, 2.05) is 41.2 Å². The molecule has 0 atom stereocenters. The van der Waals surface area contributed by atoms with Crippen LogP contribution in [0.4, 0.5) is 0 Å². The Hall–Kier alpha value is -4.47. The van der Waals surface area contributed by atoms with Crippen molar-refractivity contribution >= 4 is 21.8 Å². The summed E-state index contributed by atoms with van der Waals surface area (Å²) in [6.45, 7) is 27.2. The Bertz CT molecular complexity index is 2450. The zero-order chi connectivity index (χ0) is 37.3. The number of ether oxygens (including phenoxy) is 1. The van der Waals surface area contributed by atoms with Gasteiger partial charge in [0.1, 0.15) is 5.82 Å². The van der Waals surface area contributed by atoms with E-state index >= 15 is 0 Å². The third-order valence-electron chi connectivity index (χ3n) is 10.0. The maximum Gasteiger partial charge on any atom is 2.00 e. The standard InChI is InChI=1S/C47H50N4O.Pt/c1-29-22-23-48-42(24-29)50-40-19-14-13-18-36(40)37-21-20-35(28-41(37)50)52-34-17-15-16-33(27-34)51-31(3)43(30(2)49-51)44-38(46(7,8)9)25-32(45(4,5)6)26-39(44)47(10,11)12;/h13-26H,1-12H3;/q-2;+2. The van der Waals surface area contributed by atoms with Gasteiger partial charge in [-0.25, -0.2) is 4.98 Å². The quantitative estimate of drug-likeness (QED) is 0.162. The molecule has 0 fully saturated rings. The van der Waals surface area contributed by atoms with Crippen molar-refractivity contribution in [1.82, 2.24) is 19.3 Å². The van der Waals surface area contributed by atoms with Gasteiger partial charge in [0.15, 0.2) is 0 Å². The van der Waals surface area contributed by atoms with E-state index in [0.29, 0.717) is 11.5 Å². The molecule has 0 N–H and O–H groups in total. The Balaban J connectivity index is 0.00000481. The summed E-state index contributed by atoms with van der Waals surface area (Å²) in [5, 5.41) is 7.40. The van der Waals surface area contributed by atoms with Gasteiger partial charge in [-0.3, -0.25) is 4.68 Å². The summed E-state index contributed by atoms with van der Waals surface area (Å²) < 4.78 is 10.7. The van der Waals surface area contributed by atoms with Crippen molar-refractivity contribution in [1.29, 1.82) is 0 Å². The molecule has 274 valence electrons. The molecule has 7 rings (SSSR count). The average Bonchev–Trinajstić information content (AvgIpc) is 3.55. The average molecular weight is 882 g/mol. The monoisotopic (exact) mass is 881 g/mol. The Morgan fingerprint density at radius 2 is 1.30 bits per heavy atom. The van der Waals surface area contributed by atoms with Gasteiger partial charge in [0.25, 0.3) is 0 Å². The predicted octanol–water partition coefficient (Wildman–Crippen LogP) is 12.2. The molecule has 0 aliphatic carbocycles. The number of rotatable bonds is 5. The molecule has 3 heterocycles. The number of pyridine rings is 1. The predicted molar refractivity (Wildman–Crippen MR) is 216 cm³/mol. The van der Waals surface area contributed by atoms with Crippen molar-refractivity contribution in [3.05, 3.63) is 131 Å². The van der Waals surface area contributed by atoms with Gasteiger partial charge in [-0.2, -0.15) is 17.2 Å². The van der Waals surface area contributed by atoms with Crippen molar-refractivity contribution in [2.24, 2.45) is 0 Å². The van der Waals surface area contributed by atoms with E-state index in [1.165, 1.54) is 27.8 Å². The van der Waals surface area contributed by atoms with Crippen LogP contribution in [0.2, 0.25) is 0 Å². The Morgan fingerprint density at radius 3 is 1.94 bits per heavy atom. The number of hydrogen-bond donors (Lipinski definition) is 0. The van der Waals surface area contributed by atoms with Crippen molar-refractivity contribution < 1.29 is 25.8 Å². The van der Waals surface area contributed by atoms with Crippen LogP contribution in [0.1, 0.15) is 96.0 Å². The second-order valence-corrected chi connectivity index (χ2v) is 17.3. The fourth-order valence-corrected chi connectivity index (χ4v) is 7.32. The van der Waals surface area contributed by atoms with Crippen molar-refractivity contribution in [3.63, 3.8) is 0 Å². The minimum Gasteiger partial charge on any atom is -0.509 e. The summed E-state index contributed by atoms with van der Waals surface area (Å²) in [5.41, 5.74) is 12.4. The van der Waals surface area contributed by atoms with E-state index in [1.54, 1.807) is 0 Å². The molecule has 3 aromatic heterocycles. The molecule has 0 radical (unpaired) electrons. The molecular weight excluding hydrogens is 832 g/mol. The minimum atomic E-state index is -0.0732. The third kappa shape index (κ3) is 7.13. The SMILES string of the molecule is Cc1ccnc(-n2c3[c-]c(Oc4[c-]c(-n5nc(C)c(-c6c(C(C)(C)C)cc(C(C)(C)C)cc6C(C)(C)C)c5C)ccc4)ccc3c3ccccc32)c1.[Pt+2]. The maximum atomic E-state index is 6.51. The van der Waals surface area contributed by atoms with Crippen molar-refractivity contribution in [2.45, 2.75) is 99.3 Å². The van der Waals surface area contributed by atoms with Crippen LogP contribution in [-0.2, 0) is 37.3 Å². The van der Waals surface area contributed by atoms with Crippen LogP contribution in [0.5, 0.6) is 11.5 Å². The van der Waals surface area contributed by atoms with Gasteiger partial charge >= 0.3 is 21.1 Å². The largest absolute Gasteiger partial charge is 2.00 e.